The number of ether oxygens (including phenoxy) is 2. The summed E-state index contributed by atoms with van der Waals surface area (Å²) in [4.78, 5) is 30.9. The van der Waals surface area contributed by atoms with Gasteiger partial charge in [0.15, 0.2) is 0 Å². The molecule has 4 atom stereocenters. The molecule has 2 aromatic carbocycles. The third kappa shape index (κ3) is 6.96. The van der Waals surface area contributed by atoms with E-state index in [1.165, 1.54) is 25.8 Å². The standard InChI is InChI=1S/C42H56N4O8S2/c1-26(2)55(49,50)43-40(47)31-11-13-36-37(17-31)46-25-42(41(48)44-19-28-21-45(56(51,52)27(3)4)22-29(20-44)24-54-23-28)18-33(42)15-32-16-34(53-5)12-14-35(32)39(46)38(36)30-9-7-6-8-10-30/h11-14,16-17,26-30,33H,6-10,15,18-25H2,1-5H3,(H,43,47)/t28-,29+,33-,42+/m1/s1. The molecule has 0 spiro atoms. The number of aromatic nitrogens is 1. The van der Waals surface area contributed by atoms with Gasteiger partial charge in [0.1, 0.15) is 5.75 Å². The van der Waals surface area contributed by atoms with Crippen LogP contribution < -0.4 is 9.46 Å². The van der Waals surface area contributed by atoms with Crippen LogP contribution in [-0.4, -0.2) is 99.4 Å². The van der Waals surface area contributed by atoms with Crippen molar-refractivity contribution >= 4 is 42.8 Å². The van der Waals surface area contributed by atoms with Crippen LogP contribution in [0.1, 0.15) is 93.6 Å². The van der Waals surface area contributed by atoms with Crippen molar-refractivity contribution in [3.63, 3.8) is 0 Å². The summed E-state index contributed by atoms with van der Waals surface area (Å²) < 4.78 is 70.3. The van der Waals surface area contributed by atoms with E-state index in [0.717, 1.165) is 65.6 Å². The second kappa shape index (κ2) is 14.7. The predicted molar refractivity (Wildman–Crippen MR) is 216 cm³/mol. The molecule has 2 saturated carbocycles. The number of carbonyl (C=O) groups is 2. The van der Waals surface area contributed by atoms with E-state index >= 15 is 4.79 Å². The number of nitrogens with one attached hydrogen (secondary N) is 1. The minimum Gasteiger partial charge on any atom is -0.497 e. The van der Waals surface area contributed by atoms with Crippen molar-refractivity contribution in [2.45, 2.75) is 95.6 Å². The molecule has 5 heterocycles. The summed E-state index contributed by atoms with van der Waals surface area (Å²) >= 11 is 0. The van der Waals surface area contributed by atoms with Crippen molar-refractivity contribution in [3.8, 4) is 17.0 Å². The molecule has 9 rings (SSSR count). The quantitative estimate of drug-likeness (QED) is 0.313. The first kappa shape index (κ1) is 39.4. The van der Waals surface area contributed by atoms with E-state index in [0.29, 0.717) is 58.3 Å². The highest BCUT2D eigenvalue weighted by atomic mass is 32.2. The molecule has 304 valence electrons. The number of fused-ring (bicyclic) bond motifs is 12. The van der Waals surface area contributed by atoms with Gasteiger partial charge in [0.05, 0.1) is 41.9 Å². The molecule has 12 nitrogen and oxygen atoms in total. The lowest BCUT2D eigenvalue weighted by Crippen LogP contribution is -2.55. The van der Waals surface area contributed by atoms with Gasteiger partial charge in [-0.2, -0.15) is 0 Å². The largest absolute Gasteiger partial charge is 0.497 e. The van der Waals surface area contributed by atoms with Crippen LogP contribution in [0.4, 0.5) is 0 Å². The molecule has 2 amide bonds. The molecule has 4 aliphatic heterocycles. The second-order valence-electron chi connectivity index (χ2n) is 17.6. The summed E-state index contributed by atoms with van der Waals surface area (Å²) in [6, 6.07) is 11.8. The number of hydrogen-bond donors (Lipinski definition) is 1. The van der Waals surface area contributed by atoms with Gasteiger partial charge in [-0.3, -0.25) is 9.59 Å². The van der Waals surface area contributed by atoms with Gasteiger partial charge in [-0.05, 0) is 107 Å². The fourth-order valence-electron chi connectivity index (χ4n) is 9.96. The summed E-state index contributed by atoms with van der Waals surface area (Å²) in [5.41, 5.74) is 4.89. The van der Waals surface area contributed by atoms with E-state index in [1.54, 1.807) is 31.3 Å². The Morgan fingerprint density at radius 3 is 2.23 bits per heavy atom. The first-order chi connectivity index (χ1) is 26.6. The van der Waals surface area contributed by atoms with Gasteiger partial charge in [0, 0.05) is 66.6 Å². The Labute approximate surface area is 331 Å². The normalized spacial score (nSPS) is 26.1. The van der Waals surface area contributed by atoms with Gasteiger partial charge in [-0.1, -0.05) is 25.3 Å². The van der Waals surface area contributed by atoms with Crippen LogP contribution >= 0.6 is 0 Å². The Morgan fingerprint density at radius 2 is 1.59 bits per heavy atom. The molecule has 6 aliphatic rings. The van der Waals surface area contributed by atoms with Gasteiger partial charge in [0.2, 0.25) is 26.0 Å². The fourth-order valence-corrected chi connectivity index (χ4v) is 12.0. The Balaban J connectivity index is 1.25. The van der Waals surface area contributed by atoms with E-state index in [2.05, 4.69) is 21.4 Å². The number of methoxy groups -OCH3 is 1. The van der Waals surface area contributed by atoms with E-state index in [1.807, 2.05) is 23.1 Å². The van der Waals surface area contributed by atoms with E-state index in [4.69, 9.17) is 9.47 Å². The highest BCUT2D eigenvalue weighted by Gasteiger charge is 2.62. The summed E-state index contributed by atoms with van der Waals surface area (Å²) in [6.45, 7) is 9.18. The first-order valence-corrected chi connectivity index (χ1v) is 23.4. The monoisotopic (exact) mass is 808 g/mol. The number of rotatable bonds is 8. The number of amides is 2. The summed E-state index contributed by atoms with van der Waals surface area (Å²) in [5, 5.41) is -0.271. The molecule has 3 saturated heterocycles. The zero-order valence-corrected chi connectivity index (χ0v) is 34.9. The van der Waals surface area contributed by atoms with Crippen molar-refractivity contribution in [1.82, 2.24) is 18.5 Å². The zero-order valence-electron chi connectivity index (χ0n) is 33.3. The molecule has 1 aromatic heterocycles. The van der Waals surface area contributed by atoms with Crippen molar-refractivity contribution in [2.24, 2.45) is 23.2 Å². The second-order valence-corrected chi connectivity index (χ2v) is 22.3. The smallest absolute Gasteiger partial charge is 0.264 e. The van der Waals surface area contributed by atoms with Crippen molar-refractivity contribution in [2.75, 3.05) is 46.5 Å². The highest BCUT2D eigenvalue weighted by Crippen LogP contribution is 2.60. The maximum absolute atomic E-state index is 15.3. The van der Waals surface area contributed by atoms with Gasteiger partial charge in [-0.15, -0.1) is 0 Å². The molecule has 14 heteroatoms. The van der Waals surface area contributed by atoms with Gasteiger partial charge in [0.25, 0.3) is 5.91 Å². The SMILES string of the molecule is COc1ccc2c(c1)C[C@@H]1C[C@]1(C(=O)N1C[C@H]3COC[C@@H](C1)CN(S(=O)(=O)C(C)C)C3)Cn1c-2c(C2CCCCC2)c2ccc(C(=O)NS(=O)(=O)C(C)C)cc21. The number of sulfonamides is 2. The van der Waals surface area contributed by atoms with Crippen LogP contribution in [0.3, 0.4) is 0 Å². The lowest BCUT2D eigenvalue weighted by Gasteiger charge is -2.42. The molecule has 5 fully saturated rings. The van der Waals surface area contributed by atoms with Crippen LogP contribution in [0.5, 0.6) is 5.75 Å². The molecule has 2 aliphatic carbocycles. The lowest BCUT2D eigenvalue weighted by molar-refractivity contribution is -0.142. The van der Waals surface area contributed by atoms with Crippen LogP contribution in [0.15, 0.2) is 36.4 Å². The summed E-state index contributed by atoms with van der Waals surface area (Å²) in [7, 11) is -5.67. The molecule has 3 aromatic rings. The van der Waals surface area contributed by atoms with Crippen molar-refractivity contribution in [1.29, 1.82) is 0 Å². The predicted octanol–water partition coefficient (Wildman–Crippen LogP) is 5.54. The minimum atomic E-state index is -3.86. The lowest BCUT2D eigenvalue weighted by atomic mass is 9.80. The number of nitrogens with zero attached hydrogens (tertiary/aromatic N) is 3. The number of hydrogen-bond acceptors (Lipinski definition) is 8. The fraction of sp³-hybridized carbons (Fsp3) is 0.619. The van der Waals surface area contributed by atoms with Crippen LogP contribution in [0, 0.1) is 23.2 Å². The van der Waals surface area contributed by atoms with E-state index in [9.17, 15) is 21.6 Å². The van der Waals surface area contributed by atoms with Gasteiger partial charge >= 0.3 is 0 Å². The Hall–Kier alpha value is -3.46. The Bertz CT molecular complexity index is 2250. The third-order valence-electron chi connectivity index (χ3n) is 13.2. The summed E-state index contributed by atoms with van der Waals surface area (Å²) in [6.07, 6.45) is 6.94. The Morgan fingerprint density at radius 1 is 0.893 bits per heavy atom. The number of carbonyl (C=O) groups excluding carboxylic acids is 2. The van der Waals surface area contributed by atoms with Crippen molar-refractivity contribution in [3.05, 3.63) is 53.1 Å². The topological polar surface area (TPSA) is 144 Å². The number of benzene rings is 2. The molecule has 2 bridgehead atoms. The van der Waals surface area contributed by atoms with Crippen LogP contribution in [0.2, 0.25) is 0 Å². The zero-order chi connectivity index (χ0) is 39.7. The first-order valence-electron chi connectivity index (χ1n) is 20.4. The van der Waals surface area contributed by atoms with E-state index < -0.39 is 41.9 Å². The summed E-state index contributed by atoms with van der Waals surface area (Å²) in [5.74, 6) is 0.200. The molecular weight excluding hydrogens is 753 g/mol. The maximum Gasteiger partial charge on any atom is 0.264 e. The molecule has 0 radical (unpaired) electrons. The van der Waals surface area contributed by atoms with E-state index in [-0.39, 0.29) is 29.2 Å². The molecule has 56 heavy (non-hydrogen) atoms. The van der Waals surface area contributed by atoms with Crippen molar-refractivity contribution < 1.29 is 35.9 Å². The third-order valence-corrected chi connectivity index (χ3v) is 17.1. The van der Waals surface area contributed by atoms with Gasteiger partial charge in [-0.25, -0.2) is 25.9 Å². The average molecular weight is 809 g/mol. The highest BCUT2D eigenvalue weighted by molar-refractivity contribution is 7.90. The Kier molecular flexibility index (Phi) is 10.4. The molecule has 1 N–H and O–H groups in total. The maximum atomic E-state index is 15.3. The van der Waals surface area contributed by atoms with Gasteiger partial charge < -0.3 is 18.9 Å². The molecule has 0 unspecified atom stereocenters. The van der Waals surface area contributed by atoms with Crippen LogP contribution in [-0.2, 0) is 42.5 Å². The minimum absolute atomic E-state index is 0.0617. The molecular formula is C42H56N4O8S2. The van der Waals surface area contributed by atoms with Crippen LogP contribution in [0.25, 0.3) is 22.2 Å². The average Bonchev–Trinajstić information content (AvgIpc) is 3.72.